The number of aliphatic carboxylic acids is 1. The third-order valence-electron chi connectivity index (χ3n) is 5.80. The molecule has 2 aromatic carbocycles. The predicted octanol–water partition coefficient (Wildman–Crippen LogP) is 3.92. The van der Waals surface area contributed by atoms with Crippen LogP contribution in [-0.4, -0.2) is 41.3 Å². The van der Waals surface area contributed by atoms with Gasteiger partial charge in [-0.3, -0.25) is 4.90 Å². The van der Waals surface area contributed by atoms with Crippen molar-refractivity contribution in [3.8, 4) is 11.5 Å². The minimum atomic E-state index is -1.48. The molecule has 1 unspecified atom stereocenters. The highest BCUT2D eigenvalue weighted by atomic mass is 35.5. The summed E-state index contributed by atoms with van der Waals surface area (Å²) in [4.78, 5) is 14.0. The first-order chi connectivity index (χ1) is 13.9. The van der Waals surface area contributed by atoms with Gasteiger partial charge in [-0.15, -0.1) is 0 Å². The van der Waals surface area contributed by atoms with Crippen LogP contribution in [0.15, 0.2) is 36.4 Å². The number of hydrogen-bond acceptors (Lipinski definition) is 5. The zero-order valence-electron chi connectivity index (χ0n) is 16.4. The largest absolute Gasteiger partial charge is 0.484 e. The number of piperidine rings is 1. The molecule has 0 bridgehead atoms. The van der Waals surface area contributed by atoms with Gasteiger partial charge in [0.15, 0.2) is 11.5 Å². The molecule has 7 heteroatoms. The third kappa shape index (κ3) is 3.87. The maximum atomic E-state index is 11.6. The number of ether oxygens (including phenoxy) is 2. The van der Waals surface area contributed by atoms with Crippen molar-refractivity contribution in [1.29, 1.82) is 0 Å². The Bertz CT molecular complexity index is 913. The number of rotatable bonds is 4. The smallest absolute Gasteiger partial charge is 0.351 e. The van der Waals surface area contributed by atoms with Crippen molar-refractivity contribution in [2.24, 2.45) is 0 Å². The van der Waals surface area contributed by atoms with Crippen LogP contribution < -0.4 is 15.2 Å². The van der Waals surface area contributed by atoms with Crippen LogP contribution in [-0.2, 0) is 11.3 Å². The second-order valence-electron chi connectivity index (χ2n) is 7.98. The lowest BCUT2D eigenvalue weighted by Crippen LogP contribution is -2.49. The Kier molecular flexibility index (Phi) is 5.32. The van der Waals surface area contributed by atoms with E-state index in [1.165, 1.54) is 12.5 Å². The van der Waals surface area contributed by atoms with Gasteiger partial charge in [-0.1, -0.05) is 41.9 Å². The number of nitrogens with two attached hydrogens (primary N) is 1. The van der Waals surface area contributed by atoms with Crippen LogP contribution in [0.3, 0.4) is 0 Å². The first-order valence-corrected chi connectivity index (χ1v) is 10.2. The predicted molar refractivity (Wildman–Crippen MR) is 112 cm³/mol. The zero-order valence-corrected chi connectivity index (χ0v) is 17.1. The summed E-state index contributed by atoms with van der Waals surface area (Å²) >= 11 is 6.36. The van der Waals surface area contributed by atoms with Gasteiger partial charge in [0.1, 0.15) is 6.61 Å². The lowest BCUT2D eigenvalue weighted by Gasteiger charge is -2.37. The third-order valence-corrected chi connectivity index (χ3v) is 6.11. The van der Waals surface area contributed by atoms with Crippen molar-refractivity contribution in [1.82, 2.24) is 4.90 Å². The highest BCUT2D eigenvalue weighted by molar-refractivity contribution is 6.33. The topological polar surface area (TPSA) is 85.0 Å². The van der Waals surface area contributed by atoms with Crippen molar-refractivity contribution >= 4 is 23.3 Å². The maximum absolute atomic E-state index is 11.6. The molecule has 2 heterocycles. The van der Waals surface area contributed by atoms with Gasteiger partial charge >= 0.3 is 5.97 Å². The average Bonchev–Trinajstić information content (AvgIpc) is 2.72. The second-order valence-corrected chi connectivity index (χ2v) is 8.39. The fourth-order valence-corrected chi connectivity index (χ4v) is 4.21. The summed E-state index contributed by atoms with van der Waals surface area (Å²) < 4.78 is 11.7. The van der Waals surface area contributed by atoms with Gasteiger partial charge in [0.25, 0.3) is 0 Å². The van der Waals surface area contributed by atoms with E-state index in [1.807, 2.05) is 12.1 Å². The SMILES string of the molecule is CC1(C(=O)O)COc2c(C3CCN(Cc4ccccc4)CC3)cc(Cl)c(N)c2O1. The number of carbonyl (C=O) groups is 1. The van der Waals surface area contributed by atoms with E-state index in [4.69, 9.17) is 26.8 Å². The van der Waals surface area contributed by atoms with Gasteiger partial charge in [0, 0.05) is 12.1 Å². The Labute approximate surface area is 175 Å². The minimum absolute atomic E-state index is 0.0732. The summed E-state index contributed by atoms with van der Waals surface area (Å²) in [5.74, 6) is -0.0625. The molecule has 2 aromatic rings. The summed E-state index contributed by atoms with van der Waals surface area (Å²) in [7, 11) is 0. The van der Waals surface area contributed by atoms with Crippen molar-refractivity contribution in [2.75, 3.05) is 25.4 Å². The lowest BCUT2D eigenvalue weighted by molar-refractivity contribution is -0.158. The van der Waals surface area contributed by atoms with E-state index in [2.05, 4.69) is 29.2 Å². The van der Waals surface area contributed by atoms with E-state index in [0.29, 0.717) is 10.8 Å². The molecule has 29 heavy (non-hydrogen) atoms. The molecule has 0 aliphatic carbocycles. The average molecular weight is 417 g/mol. The molecular weight excluding hydrogens is 392 g/mol. The van der Waals surface area contributed by atoms with Gasteiger partial charge in [-0.25, -0.2) is 4.79 Å². The summed E-state index contributed by atoms with van der Waals surface area (Å²) in [6.07, 6.45) is 1.91. The van der Waals surface area contributed by atoms with Crippen molar-refractivity contribution in [3.05, 3.63) is 52.5 Å². The molecule has 0 radical (unpaired) electrons. The number of nitrogen functional groups attached to an aromatic ring is 1. The van der Waals surface area contributed by atoms with E-state index >= 15 is 0 Å². The number of nitrogens with zero attached hydrogens (tertiary/aromatic N) is 1. The maximum Gasteiger partial charge on any atom is 0.351 e. The highest BCUT2D eigenvalue weighted by Gasteiger charge is 2.43. The van der Waals surface area contributed by atoms with Crippen LogP contribution in [0.1, 0.15) is 36.8 Å². The number of carboxylic acid groups (broad SMARTS) is 1. The van der Waals surface area contributed by atoms with Crippen molar-refractivity contribution < 1.29 is 19.4 Å². The van der Waals surface area contributed by atoms with Gasteiger partial charge in [-0.2, -0.15) is 0 Å². The molecule has 0 amide bonds. The Balaban J connectivity index is 1.53. The molecule has 4 rings (SSSR count). The standard InChI is InChI=1S/C22H25ClN2O4/c1-22(21(26)27)13-28-19-16(11-17(23)18(24)20(19)29-22)15-7-9-25(10-8-15)12-14-5-3-2-4-6-14/h2-6,11,15H,7-10,12-13,24H2,1H3,(H,26,27). The van der Waals surface area contributed by atoms with Gasteiger partial charge < -0.3 is 20.3 Å². The minimum Gasteiger partial charge on any atom is -0.484 e. The number of anilines is 1. The summed E-state index contributed by atoms with van der Waals surface area (Å²) in [6.45, 7) is 4.26. The zero-order chi connectivity index (χ0) is 20.6. The molecule has 1 fully saturated rings. The number of hydrogen-bond donors (Lipinski definition) is 2. The van der Waals surface area contributed by atoms with Gasteiger partial charge in [0.2, 0.25) is 5.60 Å². The monoisotopic (exact) mass is 416 g/mol. The second kappa shape index (κ2) is 7.76. The normalized spacial score (nSPS) is 22.4. The quantitative estimate of drug-likeness (QED) is 0.735. The molecule has 0 saturated carbocycles. The molecule has 1 saturated heterocycles. The van der Waals surface area contributed by atoms with Crippen LogP contribution in [0.25, 0.3) is 0 Å². The molecule has 154 valence electrons. The first-order valence-electron chi connectivity index (χ1n) is 9.81. The van der Waals surface area contributed by atoms with E-state index in [0.717, 1.165) is 38.0 Å². The number of likely N-dealkylation sites (tertiary alicyclic amines) is 1. The summed E-state index contributed by atoms with van der Waals surface area (Å²) in [5.41, 5.74) is 7.09. The van der Waals surface area contributed by atoms with Crippen LogP contribution in [0.5, 0.6) is 11.5 Å². The molecule has 2 aliphatic rings. The van der Waals surface area contributed by atoms with Crippen LogP contribution in [0.2, 0.25) is 5.02 Å². The molecule has 0 aromatic heterocycles. The Morgan fingerprint density at radius 2 is 1.97 bits per heavy atom. The fraction of sp³-hybridized carbons (Fsp3) is 0.409. The molecular formula is C22H25ClN2O4. The van der Waals surface area contributed by atoms with Crippen LogP contribution in [0, 0.1) is 0 Å². The van der Waals surface area contributed by atoms with Gasteiger partial charge in [0.05, 0.1) is 10.7 Å². The Morgan fingerprint density at radius 3 is 2.62 bits per heavy atom. The van der Waals surface area contributed by atoms with Gasteiger partial charge in [-0.05, 0) is 50.4 Å². The molecule has 1 atom stereocenters. The van der Waals surface area contributed by atoms with E-state index in [9.17, 15) is 9.90 Å². The van der Waals surface area contributed by atoms with E-state index < -0.39 is 11.6 Å². The Hall–Kier alpha value is -2.44. The van der Waals surface area contributed by atoms with Crippen LogP contribution >= 0.6 is 11.6 Å². The lowest BCUT2D eigenvalue weighted by atomic mass is 9.87. The van der Waals surface area contributed by atoms with E-state index in [1.54, 1.807) is 0 Å². The number of benzene rings is 2. The van der Waals surface area contributed by atoms with Crippen LogP contribution in [0.4, 0.5) is 5.69 Å². The van der Waals surface area contributed by atoms with E-state index in [-0.39, 0.29) is 24.0 Å². The fourth-order valence-electron chi connectivity index (χ4n) is 4.01. The number of carboxylic acids is 1. The summed E-state index contributed by atoms with van der Waals surface area (Å²) in [6, 6.07) is 12.3. The number of fused-ring (bicyclic) bond motifs is 1. The first kappa shape index (κ1) is 19.9. The van der Waals surface area contributed by atoms with Crippen molar-refractivity contribution in [2.45, 2.75) is 37.8 Å². The number of halogens is 1. The Morgan fingerprint density at radius 1 is 1.28 bits per heavy atom. The molecule has 0 spiro atoms. The molecule has 6 nitrogen and oxygen atoms in total. The summed E-state index contributed by atoms with van der Waals surface area (Å²) in [5, 5.41) is 9.83. The molecule has 2 aliphatic heterocycles. The highest BCUT2D eigenvalue weighted by Crippen LogP contribution is 2.49. The molecule has 3 N–H and O–H groups in total. The van der Waals surface area contributed by atoms with Crippen molar-refractivity contribution in [3.63, 3.8) is 0 Å².